The molecular weight excluding hydrogens is 142 g/mol. The fraction of sp³-hybridized carbons (Fsp3) is 0.875. The molecule has 3 nitrogen and oxygen atoms in total. The monoisotopic (exact) mass is 161 g/mol. The molecule has 0 aliphatic rings. The van der Waals surface area contributed by atoms with Gasteiger partial charge in [0.15, 0.2) is 0 Å². The highest BCUT2D eigenvalue weighted by Crippen LogP contribution is 2.02. The lowest BCUT2D eigenvalue weighted by Gasteiger charge is -2.12. The first-order valence-corrected chi connectivity index (χ1v) is 4.04. The maximum Gasteiger partial charge on any atom is 0.207 e. The molecule has 3 heteroatoms. The van der Waals surface area contributed by atoms with Gasteiger partial charge in [0.2, 0.25) is 6.41 Å². The molecule has 0 atom stereocenters. The molecule has 0 saturated heterocycles. The molecule has 0 aromatic carbocycles. The van der Waals surface area contributed by atoms with Crippen molar-refractivity contribution in [1.29, 1.82) is 0 Å². The summed E-state index contributed by atoms with van der Waals surface area (Å²) >= 11 is 0. The van der Waals surface area contributed by atoms with Crippen LogP contribution in [-0.4, -0.2) is 17.9 Å². The average molecular weight is 161 g/mol. The number of carbonyl (C=O) groups is 1. The highest BCUT2D eigenvalue weighted by Gasteiger charge is 2.02. The van der Waals surface area contributed by atoms with E-state index in [9.17, 15) is 4.79 Å². The van der Waals surface area contributed by atoms with Crippen LogP contribution >= 0.6 is 0 Å². The molecule has 0 aromatic rings. The Hall–Kier alpha value is -0.570. The maximum absolute atomic E-state index is 10.1. The first-order valence-electron chi connectivity index (χ1n) is 4.04. The number of carbonyl (C=O) groups excluding carboxylic acids is 1. The van der Waals surface area contributed by atoms with Crippen molar-refractivity contribution in [2.24, 2.45) is 0 Å². The Kier molecular flexibility index (Phi) is 11.2. The number of nitrogens with one attached hydrogen (secondary N) is 1. The molecule has 3 N–H and O–H groups in total. The van der Waals surface area contributed by atoms with E-state index in [1.54, 1.807) is 0 Å². The first-order chi connectivity index (χ1) is 4.85. The van der Waals surface area contributed by atoms with E-state index in [1.165, 1.54) is 0 Å². The SMILES string of the molecule is CCCC(CCC)NC=O.O. The van der Waals surface area contributed by atoms with E-state index in [-0.39, 0.29) is 5.48 Å². The standard InChI is InChI=1S/C8H17NO.H2O/c1-3-5-8(6-4-2)9-7-10;/h7-8H,3-6H2,1-2H3,(H,9,10);1H2. The second kappa shape index (κ2) is 9.43. The minimum absolute atomic E-state index is 0. The minimum Gasteiger partial charge on any atom is -0.412 e. The molecule has 11 heavy (non-hydrogen) atoms. The van der Waals surface area contributed by atoms with Crippen LogP contribution in [-0.2, 0) is 4.79 Å². The second-order valence-corrected chi connectivity index (χ2v) is 2.56. The van der Waals surface area contributed by atoms with Crippen LogP contribution in [0.15, 0.2) is 0 Å². The Balaban J connectivity index is 0. The molecule has 0 fully saturated rings. The Bertz CT molecular complexity index is 80.2. The Labute approximate surface area is 68.5 Å². The predicted octanol–water partition coefficient (Wildman–Crippen LogP) is 0.876. The van der Waals surface area contributed by atoms with Gasteiger partial charge in [0.1, 0.15) is 0 Å². The summed E-state index contributed by atoms with van der Waals surface area (Å²) in [5.41, 5.74) is 0. The lowest BCUT2D eigenvalue weighted by molar-refractivity contribution is -0.110. The third kappa shape index (κ3) is 7.33. The normalized spacial score (nSPS) is 9.00. The summed E-state index contributed by atoms with van der Waals surface area (Å²) in [6.07, 6.45) is 5.30. The van der Waals surface area contributed by atoms with E-state index < -0.39 is 0 Å². The molecule has 0 aromatic heterocycles. The van der Waals surface area contributed by atoms with Crippen LogP contribution in [0.3, 0.4) is 0 Å². The Morgan fingerprint density at radius 3 is 2.00 bits per heavy atom. The molecular formula is C8H19NO2. The van der Waals surface area contributed by atoms with E-state index >= 15 is 0 Å². The van der Waals surface area contributed by atoms with Crippen molar-refractivity contribution in [1.82, 2.24) is 5.32 Å². The minimum atomic E-state index is 0. The number of amides is 1. The van der Waals surface area contributed by atoms with Crippen molar-refractivity contribution in [3.05, 3.63) is 0 Å². The van der Waals surface area contributed by atoms with Gasteiger partial charge in [-0.2, -0.15) is 0 Å². The highest BCUT2D eigenvalue weighted by molar-refractivity contribution is 5.46. The average Bonchev–Trinajstić information content (AvgIpc) is 1.90. The Morgan fingerprint density at radius 1 is 1.27 bits per heavy atom. The summed E-state index contributed by atoms with van der Waals surface area (Å²) in [5.74, 6) is 0. The molecule has 0 unspecified atom stereocenters. The summed E-state index contributed by atoms with van der Waals surface area (Å²) in [6, 6.07) is 0.410. The van der Waals surface area contributed by atoms with Crippen molar-refractivity contribution < 1.29 is 10.3 Å². The van der Waals surface area contributed by atoms with Crippen molar-refractivity contribution in [3.63, 3.8) is 0 Å². The van der Waals surface area contributed by atoms with Gasteiger partial charge in [-0.1, -0.05) is 26.7 Å². The third-order valence-electron chi connectivity index (χ3n) is 1.58. The maximum atomic E-state index is 10.1. The van der Waals surface area contributed by atoms with Crippen LogP contribution in [0.5, 0.6) is 0 Å². The van der Waals surface area contributed by atoms with Crippen LogP contribution in [0.2, 0.25) is 0 Å². The van der Waals surface area contributed by atoms with E-state index in [0.717, 1.165) is 32.1 Å². The summed E-state index contributed by atoms with van der Waals surface area (Å²) < 4.78 is 0. The molecule has 0 aliphatic carbocycles. The molecule has 0 aliphatic heterocycles. The molecule has 0 bridgehead atoms. The molecule has 68 valence electrons. The molecule has 0 radical (unpaired) electrons. The summed E-state index contributed by atoms with van der Waals surface area (Å²) in [5, 5.41) is 2.80. The Morgan fingerprint density at radius 2 is 1.73 bits per heavy atom. The topological polar surface area (TPSA) is 60.6 Å². The smallest absolute Gasteiger partial charge is 0.207 e. The van der Waals surface area contributed by atoms with Gasteiger partial charge in [-0.15, -0.1) is 0 Å². The van der Waals surface area contributed by atoms with Gasteiger partial charge in [-0.3, -0.25) is 4.79 Å². The summed E-state index contributed by atoms with van der Waals surface area (Å²) in [7, 11) is 0. The molecule has 0 heterocycles. The van der Waals surface area contributed by atoms with Gasteiger partial charge in [0, 0.05) is 6.04 Å². The summed E-state index contributed by atoms with van der Waals surface area (Å²) in [6.45, 7) is 4.27. The molecule has 0 spiro atoms. The van der Waals surface area contributed by atoms with Crippen LogP contribution < -0.4 is 5.32 Å². The van der Waals surface area contributed by atoms with Gasteiger partial charge in [0.25, 0.3) is 0 Å². The van der Waals surface area contributed by atoms with Gasteiger partial charge in [0.05, 0.1) is 0 Å². The first kappa shape index (κ1) is 13.1. The zero-order chi connectivity index (χ0) is 7.82. The number of rotatable bonds is 6. The van der Waals surface area contributed by atoms with E-state index in [0.29, 0.717) is 6.04 Å². The van der Waals surface area contributed by atoms with Crippen molar-refractivity contribution >= 4 is 6.41 Å². The fourth-order valence-corrected chi connectivity index (χ4v) is 1.10. The van der Waals surface area contributed by atoms with Gasteiger partial charge < -0.3 is 10.8 Å². The molecule has 0 saturated carbocycles. The fourth-order valence-electron chi connectivity index (χ4n) is 1.10. The second-order valence-electron chi connectivity index (χ2n) is 2.56. The van der Waals surface area contributed by atoms with Crippen LogP contribution in [0.1, 0.15) is 39.5 Å². The van der Waals surface area contributed by atoms with Gasteiger partial charge in [-0.25, -0.2) is 0 Å². The van der Waals surface area contributed by atoms with Gasteiger partial charge in [-0.05, 0) is 12.8 Å². The number of hydrogen-bond acceptors (Lipinski definition) is 1. The quantitative estimate of drug-likeness (QED) is 0.577. The lowest BCUT2D eigenvalue weighted by Crippen LogP contribution is -2.27. The molecule has 1 amide bonds. The van der Waals surface area contributed by atoms with E-state index in [4.69, 9.17) is 0 Å². The van der Waals surface area contributed by atoms with Crippen molar-refractivity contribution in [2.45, 2.75) is 45.6 Å². The summed E-state index contributed by atoms with van der Waals surface area (Å²) in [4.78, 5) is 10.1. The van der Waals surface area contributed by atoms with Crippen LogP contribution in [0, 0.1) is 0 Å². The largest absolute Gasteiger partial charge is 0.412 e. The highest BCUT2D eigenvalue weighted by atomic mass is 16.1. The van der Waals surface area contributed by atoms with E-state index in [2.05, 4.69) is 19.2 Å². The van der Waals surface area contributed by atoms with Crippen molar-refractivity contribution in [2.75, 3.05) is 0 Å². The zero-order valence-corrected chi connectivity index (χ0v) is 7.39. The van der Waals surface area contributed by atoms with Crippen LogP contribution in [0.25, 0.3) is 0 Å². The lowest BCUT2D eigenvalue weighted by atomic mass is 10.1. The predicted molar refractivity (Wildman–Crippen MR) is 46.4 cm³/mol. The van der Waals surface area contributed by atoms with Crippen LogP contribution in [0.4, 0.5) is 0 Å². The van der Waals surface area contributed by atoms with E-state index in [1.807, 2.05) is 0 Å². The van der Waals surface area contributed by atoms with Gasteiger partial charge >= 0.3 is 0 Å². The van der Waals surface area contributed by atoms with Crippen molar-refractivity contribution in [3.8, 4) is 0 Å². The number of hydrogen-bond donors (Lipinski definition) is 1. The zero-order valence-electron chi connectivity index (χ0n) is 7.39. The third-order valence-corrected chi connectivity index (χ3v) is 1.58. The molecule has 0 rings (SSSR count).